The molecule has 0 spiro atoms. The van der Waals surface area contributed by atoms with Crippen LogP contribution in [-0.4, -0.2) is 60.4 Å². The second-order valence-electron chi connectivity index (χ2n) is 7.26. The van der Waals surface area contributed by atoms with E-state index in [9.17, 15) is 9.59 Å². The summed E-state index contributed by atoms with van der Waals surface area (Å²) in [5.74, 6) is 0.203. The van der Waals surface area contributed by atoms with Gasteiger partial charge in [0.05, 0.1) is 19.4 Å². The number of halogens is 1. The van der Waals surface area contributed by atoms with Crippen LogP contribution in [0, 0.1) is 0 Å². The zero-order valence-electron chi connectivity index (χ0n) is 17.4. The summed E-state index contributed by atoms with van der Waals surface area (Å²) in [7, 11) is 0. The summed E-state index contributed by atoms with van der Waals surface area (Å²) >= 11 is 5.83. The molecule has 8 nitrogen and oxygen atoms in total. The Morgan fingerprint density at radius 3 is 2.66 bits per heavy atom. The van der Waals surface area contributed by atoms with Crippen molar-refractivity contribution < 1.29 is 19.1 Å². The van der Waals surface area contributed by atoms with Crippen molar-refractivity contribution in [2.24, 2.45) is 5.10 Å². The largest absolute Gasteiger partial charge is 0.484 e. The van der Waals surface area contributed by atoms with Crippen LogP contribution < -0.4 is 10.2 Å². The highest BCUT2D eigenvalue weighted by atomic mass is 35.5. The molecule has 1 aromatic heterocycles. The molecule has 0 radical (unpaired) electrons. The van der Waals surface area contributed by atoms with Crippen LogP contribution in [-0.2, 0) is 20.9 Å². The summed E-state index contributed by atoms with van der Waals surface area (Å²) in [6.45, 7) is 2.41. The molecule has 1 aliphatic heterocycles. The molecule has 1 fully saturated rings. The minimum atomic E-state index is -0.387. The molecule has 4 rings (SSSR count). The minimum Gasteiger partial charge on any atom is -0.484 e. The van der Waals surface area contributed by atoms with Gasteiger partial charge in [-0.3, -0.25) is 9.59 Å². The first-order valence-electron chi connectivity index (χ1n) is 10.2. The van der Waals surface area contributed by atoms with E-state index in [1.54, 1.807) is 30.5 Å². The molecule has 0 unspecified atom stereocenters. The van der Waals surface area contributed by atoms with Crippen molar-refractivity contribution in [1.82, 2.24) is 14.9 Å². The van der Waals surface area contributed by atoms with Crippen molar-refractivity contribution in [3.05, 3.63) is 65.3 Å². The fraction of sp³-hybridized carbons (Fsp3) is 0.261. The predicted molar refractivity (Wildman–Crippen MR) is 122 cm³/mol. The molecule has 0 saturated carbocycles. The molecule has 2 amide bonds. The number of fused-ring (bicyclic) bond motifs is 1. The zero-order chi connectivity index (χ0) is 22.3. The van der Waals surface area contributed by atoms with E-state index in [1.165, 1.54) is 0 Å². The van der Waals surface area contributed by atoms with E-state index >= 15 is 0 Å². The first-order valence-corrected chi connectivity index (χ1v) is 10.6. The number of carbonyl (C=O) groups is 2. The zero-order valence-corrected chi connectivity index (χ0v) is 18.1. The van der Waals surface area contributed by atoms with E-state index in [0.29, 0.717) is 37.1 Å². The third-order valence-electron chi connectivity index (χ3n) is 5.07. The molecule has 1 aliphatic rings. The fourth-order valence-electron chi connectivity index (χ4n) is 3.45. The summed E-state index contributed by atoms with van der Waals surface area (Å²) < 4.78 is 12.6. The summed E-state index contributed by atoms with van der Waals surface area (Å²) in [6, 6.07) is 14.5. The van der Waals surface area contributed by atoms with Gasteiger partial charge in [-0.15, -0.1) is 0 Å². The van der Waals surface area contributed by atoms with Crippen LogP contribution >= 0.6 is 11.6 Å². The average molecular weight is 455 g/mol. The Balaban J connectivity index is 1.39. The number of aromatic nitrogens is 1. The quantitative estimate of drug-likeness (QED) is 0.439. The van der Waals surface area contributed by atoms with Gasteiger partial charge < -0.3 is 18.9 Å². The maximum Gasteiger partial charge on any atom is 0.277 e. The molecule has 2 aromatic carbocycles. The lowest BCUT2D eigenvalue weighted by molar-refractivity contribution is -0.135. The normalized spacial score (nSPS) is 14.1. The first-order chi connectivity index (χ1) is 15.6. The molecular formula is C23H23ClN4O4. The summed E-state index contributed by atoms with van der Waals surface area (Å²) in [5, 5.41) is 5.59. The van der Waals surface area contributed by atoms with Gasteiger partial charge in [-0.25, -0.2) is 5.43 Å². The van der Waals surface area contributed by atoms with Gasteiger partial charge in [-0.1, -0.05) is 29.8 Å². The average Bonchev–Trinajstić information content (AvgIpc) is 3.16. The van der Waals surface area contributed by atoms with Crippen LogP contribution in [0.3, 0.4) is 0 Å². The highest BCUT2D eigenvalue weighted by Gasteiger charge is 2.18. The Morgan fingerprint density at radius 2 is 1.88 bits per heavy atom. The van der Waals surface area contributed by atoms with E-state index < -0.39 is 0 Å². The highest BCUT2D eigenvalue weighted by Crippen LogP contribution is 2.20. The summed E-state index contributed by atoms with van der Waals surface area (Å²) in [4.78, 5) is 26.5. The highest BCUT2D eigenvalue weighted by molar-refractivity contribution is 6.30. The third-order valence-corrected chi connectivity index (χ3v) is 5.32. The van der Waals surface area contributed by atoms with Crippen LogP contribution in [0.2, 0.25) is 5.02 Å². The van der Waals surface area contributed by atoms with E-state index in [-0.39, 0.29) is 25.0 Å². The molecule has 166 valence electrons. The van der Waals surface area contributed by atoms with Gasteiger partial charge in [-0.2, -0.15) is 5.10 Å². The lowest BCUT2D eigenvalue weighted by Gasteiger charge is -2.27. The third kappa shape index (κ3) is 5.46. The molecule has 0 aliphatic carbocycles. The van der Waals surface area contributed by atoms with Crippen molar-refractivity contribution in [2.45, 2.75) is 6.54 Å². The Kier molecular flexibility index (Phi) is 7.03. The topological polar surface area (TPSA) is 85.2 Å². The lowest BCUT2D eigenvalue weighted by Crippen LogP contribution is -2.42. The van der Waals surface area contributed by atoms with Gasteiger partial charge >= 0.3 is 0 Å². The van der Waals surface area contributed by atoms with Gasteiger partial charge in [0.1, 0.15) is 12.3 Å². The number of para-hydroxylation sites is 1. The Bertz CT molecular complexity index is 1120. The fourth-order valence-corrected chi connectivity index (χ4v) is 3.58. The maximum atomic E-state index is 12.7. The van der Waals surface area contributed by atoms with Crippen LogP contribution in [0.15, 0.2) is 59.8 Å². The summed E-state index contributed by atoms with van der Waals surface area (Å²) in [5.41, 5.74) is 4.18. The molecule has 9 heteroatoms. The van der Waals surface area contributed by atoms with E-state index in [4.69, 9.17) is 21.1 Å². The molecular weight excluding hydrogens is 432 g/mol. The summed E-state index contributed by atoms with van der Waals surface area (Å²) in [6.07, 6.45) is 3.43. The van der Waals surface area contributed by atoms with Crippen molar-refractivity contribution in [3.63, 3.8) is 0 Å². The van der Waals surface area contributed by atoms with E-state index in [1.807, 2.05) is 39.9 Å². The number of nitrogens with one attached hydrogen (secondary N) is 1. The standard InChI is InChI=1S/C23H23ClN4O4/c24-18-5-7-19(8-6-18)32-16-22(29)26-25-13-17-14-28(21-4-2-1-3-20(17)21)15-23(30)27-9-11-31-12-10-27/h1-8,13-14H,9-12,15-16H2,(H,26,29)/b25-13+. The molecule has 2 heterocycles. The number of carbonyl (C=O) groups excluding carboxylic acids is 2. The van der Waals surface area contributed by atoms with Crippen LogP contribution in [0.4, 0.5) is 0 Å². The number of amides is 2. The van der Waals surface area contributed by atoms with Crippen LogP contribution in [0.5, 0.6) is 5.75 Å². The number of benzene rings is 2. The number of hydrogen-bond donors (Lipinski definition) is 1. The number of hydrogen-bond acceptors (Lipinski definition) is 5. The van der Waals surface area contributed by atoms with Crippen LogP contribution in [0.25, 0.3) is 10.9 Å². The number of morpholine rings is 1. The molecule has 1 saturated heterocycles. The van der Waals surface area contributed by atoms with E-state index in [0.717, 1.165) is 16.5 Å². The minimum absolute atomic E-state index is 0.0465. The van der Waals surface area contributed by atoms with Crippen LogP contribution in [0.1, 0.15) is 5.56 Å². The Labute approximate surface area is 190 Å². The molecule has 0 bridgehead atoms. The van der Waals surface area contributed by atoms with E-state index in [2.05, 4.69) is 10.5 Å². The molecule has 0 atom stereocenters. The number of rotatable bonds is 7. The van der Waals surface area contributed by atoms with Gasteiger partial charge in [0.2, 0.25) is 5.91 Å². The number of hydrazone groups is 1. The lowest BCUT2D eigenvalue weighted by atomic mass is 10.2. The van der Waals surface area contributed by atoms with Crippen molar-refractivity contribution in [3.8, 4) is 5.75 Å². The van der Waals surface area contributed by atoms with Gasteiger partial charge in [0.25, 0.3) is 5.91 Å². The second kappa shape index (κ2) is 10.3. The number of nitrogens with zero attached hydrogens (tertiary/aromatic N) is 3. The Morgan fingerprint density at radius 1 is 1.12 bits per heavy atom. The molecule has 1 N–H and O–H groups in total. The van der Waals surface area contributed by atoms with Gasteiger partial charge in [0.15, 0.2) is 6.61 Å². The molecule has 3 aromatic rings. The SMILES string of the molecule is O=C(COc1ccc(Cl)cc1)N/N=C/c1cn(CC(=O)N2CCOCC2)c2ccccc12. The second-order valence-corrected chi connectivity index (χ2v) is 7.69. The molecule has 32 heavy (non-hydrogen) atoms. The smallest absolute Gasteiger partial charge is 0.277 e. The van der Waals surface area contributed by atoms with Crippen molar-refractivity contribution in [1.29, 1.82) is 0 Å². The maximum absolute atomic E-state index is 12.7. The Hall–Kier alpha value is -3.36. The number of ether oxygens (including phenoxy) is 2. The van der Waals surface area contributed by atoms with Gasteiger partial charge in [-0.05, 0) is 30.3 Å². The van der Waals surface area contributed by atoms with Crippen molar-refractivity contribution >= 4 is 40.5 Å². The van der Waals surface area contributed by atoms with Gasteiger partial charge in [0, 0.05) is 40.8 Å². The predicted octanol–water partition coefficient (Wildman–Crippen LogP) is 2.68. The monoisotopic (exact) mass is 454 g/mol. The first kappa shape index (κ1) is 21.9. The van der Waals surface area contributed by atoms with Crippen molar-refractivity contribution in [2.75, 3.05) is 32.9 Å².